The van der Waals surface area contributed by atoms with Gasteiger partial charge in [-0.1, -0.05) is 30.0 Å². The maximum absolute atomic E-state index is 13.6. The predicted octanol–water partition coefficient (Wildman–Crippen LogP) is 2.62. The Morgan fingerprint density at radius 3 is 2.73 bits per heavy atom. The molecule has 2 amide bonds. The van der Waals surface area contributed by atoms with E-state index in [1.54, 1.807) is 48.0 Å². The van der Waals surface area contributed by atoms with Crippen LogP contribution in [0.2, 0.25) is 0 Å². The van der Waals surface area contributed by atoms with Crippen molar-refractivity contribution in [2.24, 2.45) is 7.05 Å². The van der Waals surface area contributed by atoms with Gasteiger partial charge in [-0.15, -0.1) is 10.2 Å². The third kappa shape index (κ3) is 5.35. The Hall–Kier alpha value is -3.40. The molecule has 3 aromatic rings. The van der Waals surface area contributed by atoms with Crippen molar-refractivity contribution in [1.82, 2.24) is 20.1 Å². The Labute approximate surface area is 176 Å². The molecule has 156 valence electrons. The highest BCUT2D eigenvalue weighted by atomic mass is 32.2. The molecule has 0 saturated heterocycles. The number of hydrogen-bond donors (Lipinski definition) is 2. The van der Waals surface area contributed by atoms with Crippen molar-refractivity contribution in [2.45, 2.75) is 11.7 Å². The molecule has 0 aliphatic heterocycles. The Kier molecular flexibility index (Phi) is 7.02. The first-order chi connectivity index (χ1) is 14.5. The van der Waals surface area contributed by atoms with Gasteiger partial charge in [0.1, 0.15) is 11.6 Å². The lowest BCUT2D eigenvalue weighted by Crippen LogP contribution is -2.24. The number of ether oxygens (including phenoxy) is 1. The quantitative estimate of drug-likeness (QED) is 0.534. The Morgan fingerprint density at radius 1 is 1.17 bits per heavy atom. The lowest BCUT2D eigenvalue weighted by molar-refractivity contribution is -0.113. The molecule has 0 bridgehead atoms. The number of amides is 2. The van der Waals surface area contributed by atoms with E-state index in [0.29, 0.717) is 22.3 Å². The van der Waals surface area contributed by atoms with Crippen LogP contribution >= 0.6 is 11.8 Å². The van der Waals surface area contributed by atoms with Gasteiger partial charge in [-0.2, -0.15) is 0 Å². The van der Waals surface area contributed by atoms with E-state index in [9.17, 15) is 14.0 Å². The van der Waals surface area contributed by atoms with E-state index in [1.165, 1.54) is 19.2 Å². The molecule has 0 fully saturated rings. The first-order valence-corrected chi connectivity index (χ1v) is 9.94. The van der Waals surface area contributed by atoms with Crippen molar-refractivity contribution in [1.29, 1.82) is 0 Å². The molecule has 10 heteroatoms. The van der Waals surface area contributed by atoms with Crippen LogP contribution in [0.3, 0.4) is 0 Å². The summed E-state index contributed by atoms with van der Waals surface area (Å²) in [5.41, 5.74) is 0.595. The molecule has 0 unspecified atom stereocenters. The fourth-order valence-electron chi connectivity index (χ4n) is 2.53. The third-order valence-electron chi connectivity index (χ3n) is 4.14. The Morgan fingerprint density at radius 2 is 1.97 bits per heavy atom. The van der Waals surface area contributed by atoms with Crippen molar-refractivity contribution in [3.05, 3.63) is 65.7 Å². The van der Waals surface area contributed by atoms with Gasteiger partial charge < -0.3 is 19.9 Å². The lowest BCUT2D eigenvalue weighted by Gasteiger charge is -2.08. The van der Waals surface area contributed by atoms with E-state index >= 15 is 0 Å². The van der Waals surface area contributed by atoms with Gasteiger partial charge in [0.25, 0.3) is 5.91 Å². The molecule has 0 radical (unpaired) electrons. The molecule has 0 aliphatic rings. The third-order valence-corrected chi connectivity index (χ3v) is 5.16. The van der Waals surface area contributed by atoms with E-state index in [1.807, 2.05) is 0 Å². The zero-order valence-corrected chi connectivity index (χ0v) is 17.2. The number of benzene rings is 2. The summed E-state index contributed by atoms with van der Waals surface area (Å²) in [5, 5.41) is 13.9. The molecule has 1 aromatic heterocycles. The number of anilines is 1. The molecule has 8 nitrogen and oxygen atoms in total. The Bertz CT molecular complexity index is 1060. The van der Waals surface area contributed by atoms with Crippen LogP contribution in [-0.4, -0.2) is 39.4 Å². The minimum atomic E-state index is -0.497. The summed E-state index contributed by atoms with van der Waals surface area (Å²) >= 11 is 1.16. The molecule has 0 spiro atoms. The number of halogens is 1. The van der Waals surface area contributed by atoms with E-state index < -0.39 is 5.82 Å². The van der Waals surface area contributed by atoms with Crippen molar-refractivity contribution < 1.29 is 18.7 Å². The van der Waals surface area contributed by atoms with Crippen LogP contribution < -0.4 is 15.4 Å². The summed E-state index contributed by atoms with van der Waals surface area (Å²) < 4.78 is 20.4. The summed E-state index contributed by atoms with van der Waals surface area (Å²) in [5.74, 6) is 0.0352. The summed E-state index contributed by atoms with van der Waals surface area (Å²) in [6.07, 6.45) is 0. The lowest BCUT2D eigenvalue weighted by atomic mass is 10.2. The van der Waals surface area contributed by atoms with Gasteiger partial charge in [0, 0.05) is 12.6 Å². The van der Waals surface area contributed by atoms with E-state index in [2.05, 4.69) is 20.8 Å². The number of nitrogens with one attached hydrogen (secondary N) is 2. The monoisotopic (exact) mass is 429 g/mol. The van der Waals surface area contributed by atoms with Crippen LogP contribution in [0.25, 0.3) is 0 Å². The average Bonchev–Trinajstić information content (AvgIpc) is 3.11. The zero-order chi connectivity index (χ0) is 21.5. The minimum absolute atomic E-state index is 0.0382. The number of rotatable bonds is 8. The topological polar surface area (TPSA) is 98.1 Å². The standard InChI is InChI=1S/C20H20FN5O3S/c1-26-17(11-22-19(28)13-6-5-7-14(10-13)29-2)24-25-20(26)30-12-18(27)23-16-9-4-3-8-15(16)21/h3-10H,11-12H2,1-2H3,(H,22,28)(H,23,27). The second kappa shape index (κ2) is 9.88. The molecule has 2 aromatic carbocycles. The maximum atomic E-state index is 13.6. The fraction of sp³-hybridized carbons (Fsp3) is 0.200. The van der Waals surface area contributed by atoms with Gasteiger partial charge in [-0.25, -0.2) is 4.39 Å². The van der Waals surface area contributed by atoms with Crippen molar-refractivity contribution >= 4 is 29.3 Å². The van der Waals surface area contributed by atoms with Gasteiger partial charge in [-0.3, -0.25) is 9.59 Å². The first kappa shape index (κ1) is 21.3. The molecule has 0 atom stereocenters. The number of thioether (sulfide) groups is 1. The molecule has 0 saturated carbocycles. The predicted molar refractivity (Wildman–Crippen MR) is 111 cm³/mol. The summed E-state index contributed by atoms with van der Waals surface area (Å²) in [7, 11) is 3.27. The SMILES string of the molecule is COc1cccc(C(=O)NCc2nnc(SCC(=O)Nc3ccccc3F)n2C)c1. The highest BCUT2D eigenvalue weighted by Gasteiger charge is 2.14. The summed E-state index contributed by atoms with van der Waals surface area (Å²) in [4.78, 5) is 24.4. The largest absolute Gasteiger partial charge is 0.497 e. The fourth-order valence-corrected chi connectivity index (χ4v) is 3.26. The van der Waals surface area contributed by atoms with Crippen molar-refractivity contribution in [3.63, 3.8) is 0 Å². The number of methoxy groups -OCH3 is 1. The maximum Gasteiger partial charge on any atom is 0.251 e. The van der Waals surface area contributed by atoms with Crippen LogP contribution in [0, 0.1) is 5.82 Å². The highest BCUT2D eigenvalue weighted by Crippen LogP contribution is 2.18. The molecule has 30 heavy (non-hydrogen) atoms. The summed E-state index contributed by atoms with van der Waals surface area (Å²) in [6.45, 7) is 0.168. The Balaban J connectivity index is 1.53. The number of para-hydroxylation sites is 1. The van der Waals surface area contributed by atoms with Crippen molar-refractivity contribution in [2.75, 3.05) is 18.2 Å². The molecule has 2 N–H and O–H groups in total. The van der Waals surface area contributed by atoms with Crippen molar-refractivity contribution in [3.8, 4) is 5.75 Å². The van der Waals surface area contributed by atoms with Crippen LogP contribution in [0.15, 0.2) is 53.7 Å². The van der Waals surface area contributed by atoms with Gasteiger partial charge in [0.15, 0.2) is 11.0 Å². The van der Waals surface area contributed by atoms with Crippen LogP contribution in [-0.2, 0) is 18.4 Å². The summed E-state index contributed by atoms with van der Waals surface area (Å²) in [6, 6.07) is 12.8. The van der Waals surface area contributed by atoms with Gasteiger partial charge >= 0.3 is 0 Å². The molecule has 0 aliphatic carbocycles. The highest BCUT2D eigenvalue weighted by molar-refractivity contribution is 7.99. The van der Waals surface area contributed by atoms with Gasteiger partial charge in [0.2, 0.25) is 5.91 Å². The van der Waals surface area contributed by atoms with E-state index in [-0.39, 0.29) is 29.8 Å². The number of carbonyl (C=O) groups excluding carboxylic acids is 2. The number of hydrogen-bond acceptors (Lipinski definition) is 6. The van der Waals surface area contributed by atoms with Crippen LogP contribution in [0.1, 0.15) is 16.2 Å². The molecular formula is C20H20FN5O3S. The van der Waals surface area contributed by atoms with E-state index in [4.69, 9.17) is 4.74 Å². The van der Waals surface area contributed by atoms with Crippen LogP contribution in [0.5, 0.6) is 5.75 Å². The molecule has 1 heterocycles. The smallest absolute Gasteiger partial charge is 0.251 e. The van der Waals surface area contributed by atoms with E-state index in [0.717, 1.165) is 11.8 Å². The van der Waals surface area contributed by atoms with Gasteiger partial charge in [0.05, 0.1) is 25.1 Å². The number of nitrogens with zero attached hydrogens (tertiary/aromatic N) is 3. The molecular weight excluding hydrogens is 409 g/mol. The second-order valence-corrected chi connectivity index (χ2v) is 7.13. The minimum Gasteiger partial charge on any atom is -0.497 e. The number of aromatic nitrogens is 3. The molecule has 3 rings (SSSR count). The first-order valence-electron chi connectivity index (χ1n) is 8.95. The van der Waals surface area contributed by atoms with Crippen LogP contribution in [0.4, 0.5) is 10.1 Å². The zero-order valence-electron chi connectivity index (χ0n) is 16.4. The van der Waals surface area contributed by atoms with Gasteiger partial charge in [-0.05, 0) is 30.3 Å². The second-order valence-electron chi connectivity index (χ2n) is 6.19. The normalized spacial score (nSPS) is 10.5. The number of carbonyl (C=O) groups is 2. The average molecular weight is 429 g/mol.